The molecule has 0 saturated heterocycles. The molecular formula is C24H30ClFN2O5S. The van der Waals surface area contributed by atoms with Crippen LogP contribution in [0.2, 0.25) is 0 Å². The maximum Gasteiger partial charge on any atom is 0.262 e. The fraction of sp³-hybridized carbons (Fsp3) is 0.375. The van der Waals surface area contributed by atoms with Gasteiger partial charge in [-0.15, -0.1) is 11.6 Å². The molecule has 0 saturated carbocycles. The van der Waals surface area contributed by atoms with E-state index >= 15 is 0 Å². The number of sulfonamides is 1. The van der Waals surface area contributed by atoms with E-state index in [9.17, 15) is 17.6 Å². The summed E-state index contributed by atoms with van der Waals surface area (Å²) in [6.07, 6.45) is -0.539. The Balaban J connectivity index is 2.48. The Hall–Kier alpha value is -2.46. The van der Waals surface area contributed by atoms with Gasteiger partial charge in [0.15, 0.2) is 0 Å². The minimum Gasteiger partial charge on any atom is -0.492 e. The lowest BCUT2D eigenvalue weighted by Crippen LogP contribution is -2.50. The minimum absolute atomic E-state index is 0.0827. The highest BCUT2D eigenvalue weighted by molar-refractivity contribution is 7.89. The highest BCUT2D eigenvalue weighted by Crippen LogP contribution is 2.26. The van der Waals surface area contributed by atoms with Crippen molar-refractivity contribution in [1.82, 2.24) is 9.79 Å². The van der Waals surface area contributed by atoms with Gasteiger partial charge in [0.1, 0.15) is 18.4 Å². The van der Waals surface area contributed by atoms with Crippen molar-refractivity contribution in [3.05, 3.63) is 72.6 Å². The molecule has 0 aliphatic heterocycles. The molecule has 34 heavy (non-hydrogen) atoms. The third kappa shape index (κ3) is 8.39. The number of amides is 1. The van der Waals surface area contributed by atoms with Crippen LogP contribution in [-0.2, 0) is 26.2 Å². The second-order valence-electron chi connectivity index (χ2n) is 8.46. The number of hydrogen-bond donors (Lipinski definition) is 1. The van der Waals surface area contributed by atoms with Crippen LogP contribution in [0.3, 0.4) is 0 Å². The summed E-state index contributed by atoms with van der Waals surface area (Å²) in [5.41, 5.74) is 2.14. The van der Waals surface area contributed by atoms with Gasteiger partial charge >= 0.3 is 0 Å². The molecule has 2 aromatic carbocycles. The number of halogens is 2. The average Bonchev–Trinajstić information content (AvgIpc) is 2.78. The van der Waals surface area contributed by atoms with Crippen LogP contribution in [0.5, 0.6) is 5.75 Å². The first-order valence-corrected chi connectivity index (χ1v) is 12.6. The minimum atomic E-state index is -4.25. The molecule has 0 fully saturated rings. The van der Waals surface area contributed by atoms with E-state index in [1.807, 2.05) is 0 Å². The average molecular weight is 513 g/mol. The van der Waals surface area contributed by atoms with Crippen molar-refractivity contribution in [3.63, 3.8) is 0 Å². The van der Waals surface area contributed by atoms with Gasteiger partial charge in [0.2, 0.25) is 10.0 Å². The van der Waals surface area contributed by atoms with E-state index < -0.39 is 39.8 Å². The number of rotatable bonds is 12. The number of ether oxygens (including phenoxy) is 1. The van der Waals surface area contributed by atoms with E-state index in [0.717, 1.165) is 4.31 Å². The standard InChI is InChI=1S/C24H30ClFN2O5S/c1-18(26)16-22(23(29)27-33-24(2,3)4)28(17-19-8-6-5-7-9-19)34(30,31)21-12-10-20(11-13-21)32-15-14-25/h5-13,22H,1,14-17H2,2-4H3,(H,27,29)/t22-/m0/s1. The Morgan fingerprint density at radius 1 is 1.15 bits per heavy atom. The normalized spacial score (nSPS) is 12.9. The van der Waals surface area contributed by atoms with Crippen LogP contribution in [-0.4, -0.2) is 42.8 Å². The molecule has 1 N–H and O–H groups in total. The molecule has 2 aromatic rings. The van der Waals surface area contributed by atoms with Crippen molar-refractivity contribution in [2.75, 3.05) is 12.5 Å². The number of carbonyl (C=O) groups is 1. The maximum atomic E-state index is 14.0. The Morgan fingerprint density at radius 2 is 1.76 bits per heavy atom. The molecule has 0 radical (unpaired) electrons. The van der Waals surface area contributed by atoms with Crippen LogP contribution in [0.4, 0.5) is 4.39 Å². The topological polar surface area (TPSA) is 84.9 Å². The molecule has 7 nitrogen and oxygen atoms in total. The zero-order valence-corrected chi connectivity index (χ0v) is 21.0. The van der Waals surface area contributed by atoms with Gasteiger partial charge in [0.05, 0.1) is 22.2 Å². The molecule has 10 heteroatoms. The summed E-state index contributed by atoms with van der Waals surface area (Å²) in [5.74, 6) is -0.922. The molecule has 2 rings (SSSR count). The quantitative estimate of drug-likeness (QED) is 0.332. The van der Waals surface area contributed by atoms with Gasteiger partial charge in [-0.05, 0) is 50.6 Å². The number of carbonyl (C=O) groups excluding carboxylic acids is 1. The van der Waals surface area contributed by atoms with Gasteiger partial charge < -0.3 is 4.74 Å². The molecule has 186 valence electrons. The van der Waals surface area contributed by atoms with Crippen LogP contribution in [0.25, 0.3) is 0 Å². The number of nitrogens with one attached hydrogen (secondary N) is 1. The SMILES string of the molecule is C=C(F)C[C@@H](C(=O)NOC(C)(C)C)N(Cc1ccccc1)S(=O)(=O)c1ccc(OCCCl)cc1. The van der Waals surface area contributed by atoms with E-state index in [0.29, 0.717) is 11.3 Å². The number of benzene rings is 2. The van der Waals surface area contributed by atoms with Crippen LogP contribution in [0, 0.1) is 0 Å². The maximum absolute atomic E-state index is 14.0. The second kappa shape index (κ2) is 12.3. The predicted octanol–water partition coefficient (Wildman–Crippen LogP) is 4.58. The number of hydroxylamine groups is 1. The van der Waals surface area contributed by atoms with E-state index in [4.69, 9.17) is 21.2 Å². The number of alkyl halides is 1. The van der Waals surface area contributed by atoms with Crippen molar-refractivity contribution in [2.45, 2.75) is 50.3 Å². The first-order chi connectivity index (χ1) is 15.9. The lowest BCUT2D eigenvalue weighted by Gasteiger charge is -2.31. The van der Waals surface area contributed by atoms with Crippen molar-refractivity contribution in [1.29, 1.82) is 0 Å². The second-order valence-corrected chi connectivity index (χ2v) is 10.7. The summed E-state index contributed by atoms with van der Waals surface area (Å²) >= 11 is 5.62. The summed E-state index contributed by atoms with van der Waals surface area (Å²) in [6, 6.07) is 13.0. The Kier molecular flexibility index (Phi) is 10.1. The first kappa shape index (κ1) is 27.8. The van der Waals surface area contributed by atoms with E-state index in [2.05, 4.69) is 12.1 Å². The summed E-state index contributed by atoms with van der Waals surface area (Å²) < 4.78 is 47.7. The van der Waals surface area contributed by atoms with Crippen LogP contribution in [0.15, 0.2) is 71.9 Å². The number of hydrogen-bond acceptors (Lipinski definition) is 5. The van der Waals surface area contributed by atoms with Gasteiger partial charge in [-0.1, -0.05) is 36.9 Å². The van der Waals surface area contributed by atoms with Crippen LogP contribution < -0.4 is 10.2 Å². The largest absolute Gasteiger partial charge is 0.492 e. The molecule has 0 aromatic heterocycles. The molecule has 0 aliphatic rings. The first-order valence-electron chi connectivity index (χ1n) is 10.6. The van der Waals surface area contributed by atoms with E-state index in [1.165, 1.54) is 24.3 Å². The monoisotopic (exact) mass is 512 g/mol. The molecule has 0 spiro atoms. The van der Waals surface area contributed by atoms with Crippen molar-refractivity contribution < 1.29 is 27.2 Å². The lowest BCUT2D eigenvalue weighted by molar-refractivity contribution is -0.149. The van der Waals surface area contributed by atoms with E-state index in [-0.39, 0.29) is 23.9 Å². The zero-order chi connectivity index (χ0) is 25.4. The van der Waals surface area contributed by atoms with Gasteiger partial charge in [-0.25, -0.2) is 18.3 Å². The van der Waals surface area contributed by atoms with E-state index in [1.54, 1.807) is 51.1 Å². The van der Waals surface area contributed by atoms with Gasteiger partial charge in [-0.2, -0.15) is 4.31 Å². The predicted molar refractivity (Wildman–Crippen MR) is 129 cm³/mol. The summed E-state index contributed by atoms with van der Waals surface area (Å²) in [4.78, 5) is 18.3. The van der Waals surface area contributed by atoms with Crippen molar-refractivity contribution in [2.24, 2.45) is 0 Å². The fourth-order valence-corrected chi connectivity index (χ4v) is 4.58. The smallest absolute Gasteiger partial charge is 0.262 e. The molecule has 0 unspecified atom stereocenters. The Bertz CT molecular complexity index is 1060. The third-order valence-electron chi connectivity index (χ3n) is 4.48. The molecule has 1 amide bonds. The molecular weight excluding hydrogens is 483 g/mol. The highest BCUT2D eigenvalue weighted by atomic mass is 35.5. The van der Waals surface area contributed by atoms with Gasteiger partial charge in [0, 0.05) is 13.0 Å². The summed E-state index contributed by atoms with van der Waals surface area (Å²) in [7, 11) is -4.25. The number of nitrogens with zero attached hydrogens (tertiary/aromatic N) is 1. The van der Waals surface area contributed by atoms with Crippen LogP contribution in [0.1, 0.15) is 32.8 Å². The summed E-state index contributed by atoms with van der Waals surface area (Å²) in [6.45, 7) is 8.46. The van der Waals surface area contributed by atoms with Crippen molar-refractivity contribution in [3.8, 4) is 5.75 Å². The Morgan fingerprint density at radius 3 is 2.29 bits per heavy atom. The Labute approximate surface area is 205 Å². The van der Waals surface area contributed by atoms with Crippen molar-refractivity contribution >= 4 is 27.5 Å². The van der Waals surface area contributed by atoms with Gasteiger partial charge in [-0.3, -0.25) is 9.63 Å². The highest BCUT2D eigenvalue weighted by Gasteiger charge is 2.37. The van der Waals surface area contributed by atoms with Crippen LogP contribution >= 0.6 is 11.6 Å². The molecule has 1 atom stereocenters. The molecule has 0 heterocycles. The van der Waals surface area contributed by atoms with Gasteiger partial charge in [0.25, 0.3) is 5.91 Å². The zero-order valence-electron chi connectivity index (χ0n) is 19.5. The third-order valence-corrected chi connectivity index (χ3v) is 6.50. The molecule has 0 aliphatic carbocycles. The molecule has 0 bridgehead atoms. The summed E-state index contributed by atoms with van der Waals surface area (Å²) in [5, 5.41) is 0. The fourth-order valence-electron chi connectivity index (χ4n) is 2.93. The lowest BCUT2D eigenvalue weighted by atomic mass is 10.1.